The summed E-state index contributed by atoms with van der Waals surface area (Å²) < 4.78 is 31.4. The van der Waals surface area contributed by atoms with E-state index in [2.05, 4.69) is 39.3 Å². The number of rotatable bonds is 8. The smallest absolute Gasteiger partial charge is 0.202 e. The predicted molar refractivity (Wildman–Crippen MR) is 137 cm³/mol. The zero-order valence-electron chi connectivity index (χ0n) is 18.8. The molecule has 1 heterocycles. The van der Waals surface area contributed by atoms with Gasteiger partial charge in [0, 0.05) is 17.1 Å². The van der Waals surface area contributed by atoms with Crippen LogP contribution in [0.1, 0.15) is 34.3 Å². The molecule has 0 bridgehead atoms. The van der Waals surface area contributed by atoms with E-state index >= 15 is 0 Å². The molecule has 0 spiro atoms. The SMILES string of the molecule is Nc1nc(N/C2=C/C=C(/SNCc3ccccc3)C=CCC2)ccc1C(=O)c1c(F)cccc1F. The van der Waals surface area contributed by atoms with Crippen LogP contribution in [0.15, 0.2) is 95.6 Å². The van der Waals surface area contributed by atoms with Crippen LogP contribution in [0.3, 0.4) is 0 Å². The third-order valence-corrected chi connectivity index (χ3v) is 6.06. The van der Waals surface area contributed by atoms with Gasteiger partial charge in [0.2, 0.25) is 5.78 Å². The van der Waals surface area contributed by atoms with E-state index < -0.39 is 23.0 Å². The lowest BCUT2D eigenvalue weighted by Crippen LogP contribution is -2.12. The van der Waals surface area contributed by atoms with Crippen molar-refractivity contribution in [3.63, 3.8) is 0 Å². The molecule has 0 amide bonds. The van der Waals surface area contributed by atoms with E-state index in [0.717, 1.165) is 42.1 Å². The van der Waals surface area contributed by atoms with Crippen LogP contribution in [0.4, 0.5) is 20.4 Å². The third-order valence-electron chi connectivity index (χ3n) is 5.27. The zero-order chi connectivity index (χ0) is 24.6. The van der Waals surface area contributed by atoms with E-state index in [1.54, 1.807) is 18.0 Å². The molecule has 0 radical (unpaired) electrons. The van der Waals surface area contributed by atoms with Gasteiger partial charge in [0.1, 0.15) is 23.3 Å². The molecule has 178 valence electrons. The lowest BCUT2D eigenvalue weighted by Gasteiger charge is -2.13. The largest absolute Gasteiger partial charge is 0.383 e. The predicted octanol–water partition coefficient (Wildman–Crippen LogP) is 6.14. The number of carbonyl (C=O) groups excluding carboxylic acids is 1. The molecule has 1 aliphatic rings. The maximum absolute atomic E-state index is 14.0. The highest BCUT2D eigenvalue weighted by molar-refractivity contribution is 8.01. The number of hydrogen-bond donors (Lipinski definition) is 3. The number of aromatic nitrogens is 1. The highest BCUT2D eigenvalue weighted by atomic mass is 32.2. The van der Waals surface area contributed by atoms with Gasteiger partial charge in [0.25, 0.3) is 0 Å². The third kappa shape index (κ3) is 6.44. The number of carbonyl (C=O) groups is 1. The number of hydrogen-bond acceptors (Lipinski definition) is 6. The van der Waals surface area contributed by atoms with Crippen molar-refractivity contribution in [1.82, 2.24) is 9.71 Å². The fourth-order valence-corrected chi connectivity index (χ4v) is 4.19. The molecule has 5 nitrogen and oxygen atoms in total. The molecule has 1 aliphatic carbocycles. The van der Waals surface area contributed by atoms with Crippen LogP contribution in [-0.2, 0) is 6.54 Å². The van der Waals surface area contributed by atoms with Gasteiger partial charge in [0.15, 0.2) is 0 Å². The molecular weight excluding hydrogens is 466 g/mol. The Labute approximate surface area is 207 Å². The van der Waals surface area contributed by atoms with Crippen molar-refractivity contribution in [1.29, 1.82) is 0 Å². The van der Waals surface area contributed by atoms with E-state index in [1.165, 1.54) is 17.7 Å². The second kappa shape index (κ2) is 11.6. The number of benzene rings is 2. The average Bonchev–Trinajstić information content (AvgIpc) is 2.83. The van der Waals surface area contributed by atoms with E-state index in [9.17, 15) is 13.6 Å². The summed E-state index contributed by atoms with van der Waals surface area (Å²) in [6.45, 7) is 0.747. The molecule has 0 atom stereocenters. The lowest BCUT2D eigenvalue weighted by molar-refractivity contribution is 0.103. The highest BCUT2D eigenvalue weighted by Gasteiger charge is 2.21. The number of anilines is 2. The van der Waals surface area contributed by atoms with Crippen LogP contribution in [0.25, 0.3) is 0 Å². The lowest BCUT2D eigenvalue weighted by atomic mass is 10.0. The first kappa shape index (κ1) is 24.4. The summed E-state index contributed by atoms with van der Waals surface area (Å²) in [5.74, 6) is -2.40. The topological polar surface area (TPSA) is 80.0 Å². The quantitative estimate of drug-likeness (QED) is 0.260. The minimum absolute atomic E-state index is 0.0581. The van der Waals surface area contributed by atoms with Crippen LogP contribution in [-0.4, -0.2) is 10.8 Å². The van der Waals surface area contributed by atoms with Crippen molar-refractivity contribution in [3.8, 4) is 0 Å². The molecule has 4 N–H and O–H groups in total. The molecular formula is C27H24F2N4OS. The molecule has 0 aliphatic heterocycles. The first-order valence-corrected chi connectivity index (χ1v) is 11.9. The normalized spacial score (nSPS) is 16.4. The number of nitrogen functional groups attached to an aromatic ring is 1. The van der Waals surface area contributed by atoms with Gasteiger partial charge in [-0.3, -0.25) is 9.52 Å². The molecule has 8 heteroatoms. The summed E-state index contributed by atoms with van der Waals surface area (Å²) in [5, 5.41) is 3.22. The molecule has 0 saturated heterocycles. The summed E-state index contributed by atoms with van der Waals surface area (Å²) >= 11 is 1.55. The summed E-state index contributed by atoms with van der Waals surface area (Å²) in [6.07, 6.45) is 9.74. The van der Waals surface area contributed by atoms with E-state index in [-0.39, 0.29) is 11.4 Å². The van der Waals surface area contributed by atoms with Gasteiger partial charge in [-0.05, 0) is 66.8 Å². The van der Waals surface area contributed by atoms with Crippen molar-refractivity contribution in [2.45, 2.75) is 19.4 Å². The minimum Gasteiger partial charge on any atom is -0.383 e. The number of allylic oxidation sites excluding steroid dienone is 5. The number of ketones is 1. The molecule has 1 aromatic heterocycles. The van der Waals surface area contributed by atoms with Crippen molar-refractivity contribution in [3.05, 3.63) is 124 Å². The molecule has 0 unspecified atom stereocenters. The Balaban J connectivity index is 1.43. The van der Waals surface area contributed by atoms with Crippen molar-refractivity contribution in [2.24, 2.45) is 0 Å². The van der Waals surface area contributed by atoms with Crippen LogP contribution >= 0.6 is 11.9 Å². The Morgan fingerprint density at radius 2 is 1.77 bits per heavy atom. The minimum atomic E-state index is -0.942. The Morgan fingerprint density at radius 3 is 2.51 bits per heavy atom. The summed E-state index contributed by atoms with van der Waals surface area (Å²) in [4.78, 5) is 17.9. The summed E-state index contributed by atoms with van der Waals surface area (Å²) in [6, 6.07) is 16.4. The summed E-state index contributed by atoms with van der Waals surface area (Å²) in [5.41, 5.74) is 7.39. The Bertz CT molecular complexity index is 1290. The standard InChI is InChI=1S/C27H24F2N4OS/c28-22-11-6-12-23(29)25(22)26(34)21-15-16-24(33-27(21)30)32-19-9-4-5-10-20(14-13-19)35-31-17-18-7-2-1-3-8-18/h1-3,5-8,10-16,31H,4,9,17H2,(H3,30,32,33)/b10-5?,19-13+,20-14+. The number of pyridine rings is 1. The number of halogens is 2. The molecule has 0 fully saturated rings. The fourth-order valence-electron chi connectivity index (χ4n) is 3.48. The first-order chi connectivity index (χ1) is 17.0. The van der Waals surface area contributed by atoms with Crippen molar-refractivity contribution >= 4 is 29.4 Å². The molecule has 4 rings (SSSR count). The van der Waals surface area contributed by atoms with E-state index in [4.69, 9.17) is 5.73 Å². The second-order valence-electron chi connectivity index (χ2n) is 7.79. The van der Waals surface area contributed by atoms with Crippen LogP contribution in [0.2, 0.25) is 0 Å². The van der Waals surface area contributed by atoms with Crippen LogP contribution in [0, 0.1) is 11.6 Å². The zero-order valence-corrected chi connectivity index (χ0v) is 19.6. The van der Waals surface area contributed by atoms with Gasteiger partial charge in [-0.25, -0.2) is 13.8 Å². The number of nitrogens with two attached hydrogens (primary N) is 1. The Hall–Kier alpha value is -3.75. The maximum Gasteiger partial charge on any atom is 0.202 e. The van der Waals surface area contributed by atoms with E-state index in [0.29, 0.717) is 5.82 Å². The second-order valence-corrected chi connectivity index (χ2v) is 8.76. The molecule has 35 heavy (non-hydrogen) atoms. The summed E-state index contributed by atoms with van der Waals surface area (Å²) in [7, 11) is 0. The van der Waals surface area contributed by atoms with Crippen LogP contribution < -0.4 is 15.8 Å². The Kier molecular flexibility index (Phi) is 8.07. The van der Waals surface area contributed by atoms with Gasteiger partial charge in [-0.1, -0.05) is 48.6 Å². The van der Waals surface area contributed by atoms with Gasteiger partial charge < -0.3 is 11.1 Å². The highest BCUT2D eigenvalue weighted by Crippen LogP contribution is 2.24. The van der Waals surface area contributed by atoms with E-state index in [1.807, 2.05) is 30.4 Å². The molecule has 0 saturated carbocycles. The van der Waals surface area contributed by atoms with Gasteiger partial charge in [0.05, 0.1) is 11.1 Å². The van der Waals surface area contributed by atoms with Gasteiger partial charge in [-0.2, -0.15) is 0 Å². The van der Waals surface area contributed by atoms with Gasteiger partial charge >= 0.3 is 0 Å². The maximum atomic E-state index is 14.0. The first-order valence-electron chi connectivity index (χ1n) is 11.0. The van der Waals surface area contributed by atoms with Crippen molar-refractivity contribution < 1.29 is 13.6 Å². The van der Waals surface area contributed by atoms with Crippen molar-refractivity contribution in [2.75, 3.05) is 11.1 Å². The molecule has 3 aromatic rings. The number of nitrogens with one attached hydrogen (secondary N) is 2. The fraction of sp³-hybridized carbons (Fsp3) is 0.111. The number of nitrogens with zero attached hydrogens (tertiary/aromatic N) is 1. The monoisotopic (exact) mass is 490 g/mol. The van der Waals surface area contributed by atoms with Gasteiger partial charge in [-0.15, -0.1) is 0 Å². The van der Waals surface area contributed by atoms with Crippen LogP contribution in [0.5, 0.6) is 0 Å². The average molecular weight is 491 g/mol. The Morgan fingerprint density at radius 1 is 1.00 bits per heavy atom. The molecule has 2 aromatic carbocycles.